The molecule has 2 bridgehead atoms. The molecule has 0 saturated carbocycles. The van der Waals surface area contributed by atoms with Gasteiger partial charge in [0.05, 0.1) is 31.0 Å². The number of anilines is 1. The van der Waals surface area contributed by atoms with Gasteiger partial charge in [-0.25, -0.2) is 9.97 Å². The Morgan fingerprint density at radius 1 is 1.20 bits per heavy atom. The first-order chi connectivity index (χ1) is 9.72. The number of rotatable bonds is 1. The molecule has 108 valence electrons. The molecule has 3 aliphatic heterocycles. The first-order valence-corrected chi connectivity index (χ1v) is 7.70. The topological polar surface area (TPSA) is 41.5 Å². The molecule has 2 fully saturated rings. The molecule has 4 heterocycles. The second-order valence-corrected chi connectivity index (χ2v) is 6.40. The second kappa shape index (κ2) is 4.83. The smallest absolute Gasteiger partial charge is 0.224 e. The van der Waals surface area contributed by atoms with Crippen LogP contribution in [0.3, 0.4) is 0 Å². The third-order valence-electron chi connectivity index (χ3n) is 4.69. The molecular weight excluding hydrogens is 276 g/mol. The number of aromatic nitrogens is 2. The maximum absolute atomic E-state index is 6.16. The number of halogens is 1. The third-order valence-corrected chi connectivity index (χ3v) is 4.86. The van der Waals surface area contributed by atoms with E-state index in [1.54, 1.807) is 0 Å². The van der Waals surface area contributed by atoms with Crippen molar-refractivity contribution in [1.82, 2.24) is 14.9 Å². The van der Waals surface area contributed by atoms with Crippen LogP contribution in [0.2, 0.25) is 5.28 Å². The fourth-order valence-corrected chi connectivity index (χ4v) is 3.87. The summed E-state index contributed by atoms with van der Waals surface area (Å²) in [5.41, 5.74) is 2.39. The lowest BCUT2D eigenvalue weighted by molar-refractivity contribution is 0.0899. The van der Waals surface area contributed by atoms with E-state index in [-0.39, 0.29) is 0 Å². The fraction of sp³-hybridized carbons (Fsp3) is 0.714. The summed E-state index contributed by atoms with van der Waals surface area (Å²) in [7, 11) is 2.15. The van der Waals surface area contributed by atoms with E-state index in [1.807, 2.05) is 0 Å². The van der Waals surface area contributed by atoms with Crippen LogP contribution in [0.25, 0.3) is 0 Å². The first-order valence-electron chi connectivity index (χ1n) is 7.32. The number of fused-ring (bicyclic) bond motifs is 3. The predicted molar refractivity (Wildman–Crippen MR) is 77.2 cm³/mol. The summed E-state index contributed by atoms with van der Waals surface area (Å²) in [6, 6.07) is 0.909. The number of nitrogens with zero attached hydrogens (tertiary/aromatic N) is 4. The molecule has 4 rings (SSSR count). The molecule has 2 atom stereocenters. The van der Waals surface area contributed by atoms with Gasteiger partial charge in [-0.2, -0.15) is 0 Å². The van der Waals surface area contributed by atoms with Crippen LogP contribution >= 0.6 is 11.6 Å². The van der Waals surface area contributed by atoms with Gasteiger partial charge in [0.25, 0.3) is 0 Å². The quantitative estimate of drug-likeness (QED) is 0.734. The third kappa shape index (κ3) is 2.00. The fourth-order valence-electron chi connectivity index (χ4n) is 3.69. The van der Waals surface area contributed by atoms with Crippen molar-refractivity contribution in [3.8, 4) is 0 Å². The second-order valence-electron chi connectivity index (χ2n) is 6.06. The van der Waals surface area contributed by atoms with Crippen molar-refractivity contribution in [2.45, 2.75) is 37.9 Å². The SMILES string of the molecule is CN1CCc2nc(Cl)nc(N3C4CCC3COC4)c2C1. The van der Waals surface area contributed by atoms with E-state index in [2.05, 4.69) is 26.8 Å². The molecule has 1 aromatic rings. The summed E-state index contributed by atoms with van der Waals surface area (Å²) >= 11 is 6.16. The molecule has 0 N–H and O–H groups in total. The highest BCUT2D eigenvalue weighted by Gasteiger charge is 2.40. The molecular formula is C14H19ClN4O. The van der Waals surface area contributed by atoms with Crippen molar-refractivity contribution >= 4 is 17.4 Å². The van der Waals surface area contributed by atoms with E-state index < -0.39 is 0 Å². The van der Waals surface area contributed by atoms with Crippen molar-refractivity contribution < 1.29 is 4.74 Å². The van der Waals surface area contributed by atoms with Gasteiger partial charge in [0.2, 0.25) is 5.28 Å². The minimum absolute atomic E-state index is 0.384. The van der Waals surface area contributed by atoms with Gasteiger partial charge in [-0.1, -0.05) is 0 Å². The van der Waals surface area contributed by atoms with Crippen LogP contribution in [0, 0.1) is 0 Å². The zero-order valence-electron chi connectivity index (χ0n) is 11.7. The van der Waals surface area contributed by atoms with Gasteiger partial charge in [0.1, 0.15) is 5.82 Å². The summed E-state index contributed by atoms with van der Waals surface area (Å²) in [5.74, 6) is 1.06. The Bertz CT molecular complexity index is 522. The number of ether oxygens (including phenoxy) is 1. The molecule has 0 spiro atoms. The highest BCUT2D eigenvalue weighted by Crippen LogP contribution is 2.37. The van der Waals surface area contributed by atoms with Crippen molar-refractivity contribution in [2.75, 3.05) is 31.7 Å². The van der Waals surface area contributed by atoms with Gasteiger partial charge >= 0.3 is 0 Å². The molecule has 3 aliphatic rings. The van der Waals surface area contributed by atoms with E-state index in [0.717, 1.165) is 44.2 Å². The van der Waals surface area contributed by atoms with Gasteiger partial charge in [0.15, 0.2) is 0 Å². The van der Waals surface area contributed by atoms with Gasteiger partial charge in [-0.15, -0.1) is 0 Å². The van der Waals surface area contributed by atoms with Gasteiger partial charge in [-0.3, -0.25) is 0 Å². The van der Waals surface area contributed by atoms with Crippen LogP contribution < -0.4 is 4.90 Å². The first kappa shape index (κ1) is 12.8. The Kier molecular flexibility index (Phi) is 3.09. The maximum Gasteiger partial charge on any atom is 0.224 e. The lowest BCUT2D eigenvalue weighted by atomic mass is 10.1. The lowest BCUT2D eigenvalue weighted by Gasteiger charge is -2.38. The van der Waals surface area contributed by atoms with E-state index in [1.165, 1.54) is 18.4 Å². The molecule has 2 saturated heterocycles. The van der Waals surface area contributed by atoms with Crippen LogP contribution in [0.4, 0.5) is 5.82 Å². The van der Waals surface area contributed by atoms with Crippen LogP contribution in [-0.4, -0.2) is 53.8 Å². The number of hydrogen-bond donors (Lipinski definition) is 0. The minimum Gasteiger partial charge on any atom is -0.377 e. The Hall–Kier alpha value is -0.910. The largest absolute Gasteiger partial charge is 0.377 e. The highest BCUT2D eigenvalue weighted by molar-refractivity contribution is 6.28. The van der Waals surface area contributed by atoms with Crippen LogP contribution in [-0.2, 0) is 17.7 Å². The van der Waals surface area contributed by atoms with Crippen molar-refractivity contribution in [2.24, 2.45) is 0 Å². The predicted octanol–water partition coefficient (Wildman–Crippen LogP) is 1.49. The molecule has 2 unspecified atom stereocenters. The summed E-state index contributed by atoms with van der Waals surface area (Å²) in [5, 5.41) is 0.384. The Morgan fingerprint density at radius 2 is 1.95 bits per heavy atom. The average Bonchev–Trinajstić information content (AvgIpc) is 2.67. The van der Waals surface area contributed by atoms with E-state index >= 15 is 0 Å². The van der Waals surface area contributed by atoms with Crippen LogP contribution in [0.15, 0.2) is 0 Å². The molecule has 6 heteroatoms. The van der Waals surface area contributed by atoms with E-state index in [4.69, 9.17) is 16.3 Å². The Labute approximate surface area is 123 Å². The standard InChI is InChI=1S/C14H19ClN4O/c1-18-5-4-12-11(6-18)13(17-14(15)16-12)19-9-2-3-10(19)8-20-7-9/h9-10H,2-8H2,1H3. The molecule has 20 heavy (non-hydrogen) atoms. The molecule has 0 amide bonds. The minimum atomic E-state index is 0.384. The van der Waals surface area contributed by atoms with E-state index in [0.29, 0.717) is 17.4 Å². The average molecular weight is 295 g/mol. The monoisotopic (exact) mass is 294 g/mol. The number of likely N-dealkylation sites (N-methyl/N-ethyl adjacent to an activating group) is 1. The van der Waals surface area contributed by atoms with Crippen LogP contribution in [0.1, 0.15) is 24.1 Å². The van der Waals surface area contributed by atoms with Crippen molar-refractivity contribution in [1.29, 1.82) is 0 Å². The molecule has 5 nitrogen and oxygen atoms in total. The summed E-state index contributed by atoms with van der Waals surface area (Å²) < 4.78 is 5.68. The lowest BCUT2D eigenvalue weighted by Crippen LogP contribution is -2.47. The normalized spacial score (nSPS) is 29.6. The Morgan fingerprint density at radius 3 is 2.70 bits per heavy atom. The van der Waals surface area contributed by atoms with Crippen molar-refractivity contribution in [3.05, 3.63) is 16.5 Å². The van der Waals surface area contributed by atoms with Gasteiger partial charge in [0, 0.05) is 25.1 Å². The molecule has 0 aromatic carbocycles. The van der Waals surface area contributed by atoms with Crippen molar-refractivity contribution in [3.63, 3.8) is 0 Å². The zero-order chi connectivity index (χ0) is 13.7. The summed E-state index contributed by atoms with van der Waals surface area (Å²) in [6.45, 7) is 3.57. The molecule has 1 aromatic heterocycles. The number of morpholine rings is 1. The summed E-state index contributed by atoms with van der Waals surface area (Å²) in [6.07, 6.45) is 3.34. The van der Waals surface area contributed by atoms with E-state index in [9.17, 15) is 0 Å². The molecule has 0 radical (unpaired) electrons. The highest BCUT2D eigenvalue weighted by atomic mass is 35.5. The summed E-state index contributed by atoms with van der Waals surface area (Å²) in [4.78, 5) is 13.8. The van der Waals surface area contributed by atoms with Gasteiger partial charge < -0.3 is 14.5 Å². The maximum atomic E-state index is 6.16. The number of hydrogen-bond acceptors (Lipinski definition) is 5. The van der Waals surface area contributed by atoms with Gasteiger partial charge in [-0.05, 0) is 31.5 Å². The van der Waals surface area contributed by atoms with Crippen LogP contribution in [0.5, 0.6) is 0 Å². The Balaban J connectivity index is 1.79. The zero-order valence-corrected chi connectivity index (χ0v) is 12.4. The molecule has 0 aliphatic carbocycles.